The number of rotatable bonds is 3. The summed E-state index contributed by atoms with van der Waals surface area (Å²) in [5, 5.41) is 0. The van der Waals surface area contributed by atoms with Gasteiger partial charge in [-0.25, -0.2) is 4.98 Å². The summed E-state index contributed by atoms with van der Waals surface area (Å²) >= 11 is 0. The molecule has 4 heteroatoms. The van der Waals surface area contributed by atoms with E-state index < -0.39 is 5.79 Å². The van der Waals surface area contributed by atoms with Crippen molar-refractivity contribution in [1.82, 2.24) is 9.55 Å². The first-order valence-corrected chi connectivity index (χ1v) is 6.14. The van der Waals surface area contributed by atoms with Gasteiger partial charge in [0.2, 0.25) is 5.79 Å². The highest BCUT2D eigenvalue weighted by molar-refractivity contribution is 5.22. The predicted octanol–water partition coefficient (Wildman–Crippen LogP) is 2.34. The number of ether oxygens (including phenoxy) is 2. The minimum absolute atomic E-state index is 0.0323. The van der Waals surface area contributed by atoms with Crippen LogP contribution in [0.2, 0.25) is 0 Å². The third-order valence-corrected chi connectivity index (χ3v) is 3.41. The molecule has 1 aliphatic rings. The van der Waals surface area contributed by atoms with E-state index in [1.165, 1.54) is 0 Å². The Kier molecular flexibility index (Phi) is 2.89. The molecule has 1 fully saturated rings. The molecule has 0 aliphatic carbocycles. The molecule has 0 N–H and O–H groups in total. The van der Waals surface area contributed by atoms with Crippen molar-refractivity contribution in [3.05, 3.63) is 54.6 Å². The summed E-state index contributed by atoms with van der Waals surface area (Å²) < 4.78 is 13.9. The third-order valence-electron chi connectivity index (χ3n) is 3.41. The molecule has 1 aliphatic heterocycles. The molecule has 1 saturated heterocycles. The Balaban J connectivity index is 2.02. The SMILES string of the molecule is CC(n1ccnc1)C1(c2ccccc2)OCCO1. The largest absolute Gasteiger partial charge is 0.342 e. The zero-order valence-electron chi connectivity index (χ0n) is 10.3. The van der Waals surface area contributed by atoms with Gasteiger partial charge in [-0.05, 0) is 6.92 Å². The number of imidazole rings is 1. The zero-order chi connectivity index (χ0) is 12.4. The molecular weight excluding hydrogens is 228 g/mol. The van der Waals surface area contributed by atoms with Crippen molar-refractivity contribution in [2.24, 2.45) is 0 Å². The fourth-order valence-electron chi connectivity index (χ4n) is 2.44. The maximum absolute atomic E-state index is 5.94. The lowest BCUT2D eigenvalue weighted by atomic mass is 9.99. The van der Waals surface area contributed by atoms with Crippen LogP contribution in [0.5, 0.6) is 0 Å². The van der Waals surface area contributed by atoms with Gasteiger partial charge < -0.3 is 14.0 Å². The van der Waals surface area contributed by atoms with E-state index in [2.05, 4.69) is 11.9 Å². The van der Waals surface area contributed by atoms with E-state index in [1.54, 1.807) is 12.5 Å². The maximum Gasteiger partial charge on any atom is 0.216 e. The van der Waals surface area contributed by atoms with Gasteiger partial charge in [-0.3, -0.25) is 0 Å². The van der Waals surface area contributed by atoms with Crippen LogP contribution in [0.4, 0.5) is 0 Å². The minimum Gasteiger partial charge on any atom is -0.342 e. The van der Waals surface area contributed by atoms with Crippen LogP contribution >= 0.6 is 0 Å². The molecule has 0 spiro atoms. The molecular formula is C14H16N2O2. The molecule has 0 saturated carbocycles. The molecule has 94 valence electrons. The minimum atomic E-state index is -0.706. The van der Waals surface area contributed by atoms with Crippen molar-refractivity contribution < 1.29 is 9.47 Å². The van der Waals surface area contributed by atoms with Crippen LogP contribution in [0, 0.1) is 0 Å². The summed E-state index contributed by atoms with van der Waals surface area (Å²) in [6.45, 7) is 3.32. The summed E-state index contributed by atoms with van der Waals surface area (Å²) in [6, 6.07) is 10.1. The summed E-state index contributed by atoms with van der Waals surface area (Å²) in [4.78, 5) is 4.09. The van der Waals surface area contributed by atoms with Crippen molar-refractivity contribution in [1.29, 1.82) is 0 Å². The second-order valence-electron chi connectivity index (χ2n) is 4.42. The molecule has 2 heterocycles. The van der Waals surface area contributed by atoms with Crippen molar-refractivity contribution in [2.75, 3.05) is 13.2 Å². The molecule has 4 nitrogen and oxygen atoms in total. The average molecular weight is 244 g/mol. The van der Waals surface area contributed by atoms with Gasteiger partial charge in [-0.2, -0.15) is 0 Å². The molecule has 3 rings (SSSR count). The monoisotopic (exact) mass is 244 g/mol. The van der Waals surface area contributed by atoms with Gasteiger partial charge in [-0.1, -0.05) is 30.3 Å². The second-order valence-corrected chi connectivity index (χ2v) is 4.42. The third kappa shape index (κ3) is 1.74. The van der Waals surface area contributed by atoms with Crippen molar-refractivity contribution in [3.63, 3.8) is 0 Å². The van der Waals surface area contributed by atoms with Crippen LogP contribution in [-0.4, -0.2) is 22.8 Å². The first kappa shape index (κ1) is 11.4. The standard InChI is InChI=1S/C14H16N2O2/c1-12(16-8-7-15-11-16)14(17-9-10-18-14)13-5-3-2-4-6-13/h2-8,11-12H,9-10H2,1H3. The Morgan fingerprint density at radius 1 is 1.22 bits per heavy atom. The lowest BCUT2D eigenvalue weighted by Crippen LogP contribution is -2.36. The first-order chi connectivity index (χ1) is 8.83. The highest BCUT2D eigenvalue weighted by atomic mass is 16.7. The molecule has 1 aromatic carbocycles. The molecule has 1 unspecified atom stereocenters. The van der Waals surface area contributed by atoms with Gasteiger partial charge in [0.25, 0.3) is 0 Å². The first-order valence-electron chi connectivity index (χ1n) is 6.14. The van der Waals surface area contributed by atoms with E-state index in [-0.39, 0.29) is 6.04 Å². The molecule has 2 aromatic rings. The van der Waals surface area contributed by atoms with Gasteiger partial charge in [0.1, 0.15) is 0 Å². The Morgan fingerprint density at radius 3 is 2.56 bits per heavy atom. The predicted molar refractivity (Wildman–Crippen MR) is 67.0 cm³/mol. The second kappa shape index (κ2) is 4.55. The van der Waals surface area contributed by atoms with E-state index >= 15 is 0 Å². The molecule has 1 aromatic heterocycles. The molecule has 1 atom stereocenters. The molecule has 0 bridgehead atoms. The lowest BCUT2D eigenvalue weighted by Gasteiger charge is -2.34. The quantitative estimate of drug-likeness (QED) is 0.831. The Labute approximate surface area is 106 Å². The van der Waals surface area contributed by atoms with Crippen LogP contribution < -0.4 is 0 Å². The van der Waals surface area contributed by atoms with Crippen molar-refractivity contribution >= 4 is 0 Å². The van der Waals surface area contributed by atoms with E-state index in [9.17, 15) is 0 Å². The zero-order valence-corrected chi connectivity index (χ0v) is 10.3. The smallest absolute Gasteiger partial charge is 0.216 e. The number of aromatic nitrogens is 2. The topological polar surface area (TPSA) is 36.3 Å². The van der Waals surface area contributed by atoms with Gasteiger partial charge >= 0.3 is 0 Å². The number of hydrogen-bond donors (Lipinski definition) is 0. The van der Waals surface area contributed by atoms with E-state index in [0.29, 0.717) is 13.2 Å². The fourth-order valence-corrected chi connectivity index (χ4v) is 2.44. The fraction of sp³-hybridized carbons (Fsp3) is 0.357. The van der Waals surface area contributed by atoms with Gasteiger partial charge in [-0.15, -0.1) is 0 Å². The Bertz CT molecular complexity index is 490. The Morgan fingerprint density at radius 2 is 1.94 bits per heavy atom. The number of hydrogen-bond acceptors (Lipinski definition) is 3. The van der Waals surface area contributed by atoms with E-state index in [1.807, 2.05) is 41.1 Å². The summed E-state index contributed by atoms with van der Waals surface area (Å²) in [7, 11) is 0. The number of benzene rings is 1. The van der Waals surface area contributed by atoms with Gasteiger partial charge in [0, 0.05) is 18.0 Å². The van der Waals surface area contributed by atoms with Crippen LogP contribution in [-0.2, 0) is 15.3 Å². The summed E-state index contributed by atoms with van der Waals surface area (Å²) in [5.74, 6) is -0.706. The van der Waals surface area contributed by atoms with Gasteiger partial charge in [0.15, 0.2) is 0 Å². The van der Waals surface area contributed by atoms with E-state index in [4.69, 9.17) is 9.47 Å². The van der Waals surface area contributed by atoms with Gasteiger partial charge in [0.05, 0.1) is 25.6 Å². The molecule has 0 amide bonds. The normalized spacial score (nSPS) is 19.8. The average Bonchev–Trinajstić information content (AvgIpc) is 3.11. The van der Waals surface area contributed by atoms with Crippen LogP contribution in [0.3, 0.4) is 0 Å². The van der Waals surface area contributed by atoms with E-state index in [0.717, 1.165) is 5.56 Å². The number of nitrogens with zero attached hydrogens (tertiary/aromatic N) is 2. The van der Waals surface area contributed by atoms with Crippen LogP contribution in [0.15, 0.2) is 49.1 Å². The van der Waals surface area contributed by atoms with Crippen LogP contribution in [0.25, 0.3) is 0 Å². The van der Waals surface area contributed by atoms with Crippen molar-refractivity contribution in [3.8, 4) is 0 Å². The molecule has 0 radical (unpaired) electrons. The highest BCUT2D eigenvalue weighted by Crippen LogP contribution is 2.40. The lowest BCUT2D eigenvalue weighted by molar-refractivity contribution is -0.195. The Hall–Kier alpha value is -1.65. The van der Waals surface area contributed by atoms with Crippen molar-refractivity contribution in [2.45, 2.75) is 18.8 Å². The van der Waals surface area contributed by atoms with Crippen LogP contribution in [0.1, 0.15) is 18.5 Å². The highest BCUT2D eigenvalue weighted by Gasteiger charge is 2.44. The molecule has 18 heavy (non-hydrogen) atoms. The summed E-state index contributed by atoms with van der Waals surface area (Å²) in [5.41, 5.74) is 1.05. The summed E-state index contributed by atoms with van der Waals surface area (Å²) in [6.07, 6.45) is 5.49. The maximum atomic E-state index is 5.94.